The monoisotopic (exact) mass is 341 g/mol. The molecular formula is C19H19NO5. The molecule has 2 aromatic carbocycles. The molecule has 0 bridgehead atoms. The van der Waals surface area contributed by atoms with Crippen molar-refractivity contribution in [2.24, 2.45) is 0 Å². The zero-order valence-corrected chi connectivity index (χ0v) is 13.9. The predicted octanol–water partition coefficient (Wildman–Crippen LogP) is 2.57. The lowest BCUT2D eigenvalue weighted by molar-refractivity contribution is -0.152. The van der Waals surface area contributed by atoms with Crippen LogP contribution < -0.4 is 14.8 Å². The van der Waals surface area contributed by atoms with E-state index in [0.29, 0.717) is 30.4 Å². The first-order valence-electron chi connectivity index (χ1n) is 8.06. The maximum absolute atomic E-state index is 12.1. The summed E-state index contributed by atoms with van der Waals surface area (Å²) < 4.78 is 16.1. The summed E-state index contributed by atoms with van der Waals surface area (Å²) in [6.45, 7) is 2.54. The van der Waals surface area contributed by atoms with Gasteiger partial charge < -0.3 is 19.5 Å². The topological polar surface area (TPSA) is 73.9 Å². The SMILES string of the molecule is C[C@H](OC(=O)Cc1ccc2c(c1)OCCO2)C(=O)Nc1ccccc1. The van der Waals surface area contributed by atoms with E-state index in [2.05, 4.69) is 5.32 Å². The number of rotatable bonds is 5. The molecule has 0 aromatic heterocycles. The van der Waals surface area contributed by atoms with Crippen LogP contribution in [-0.2, 0) is 20.7 Å². The highest BCUT2D eigenvalue weighted by atomic mass is 16.6. The lowest BCUT2D eigenvalue weighted by Crippen LogP contribution is -2.30. The number of hydrogen-bond acceptors (Lipinski definition) is 5. The van der Waals surface area contributed by atoms with E-state index in [1.807, 2.05) is 18.2 Å². The summed E-state index contributed by atoms with van der Waals surface area (Å²) in [4.78, 5) is 24.1. The second-order valence-corrected chi connectivity index (χ2v) is 5.64. The Labute approximate surface area is 145 Å². The molecule has 3 rings (SSSR count). The van der Waals surface area contributed by atoms with Crippen molar-refractivity contribution < 1.29 is 23.8 Å². The number of nitrogens with one attached hydrogen (secondary N) is 1. The smallest absolute Gasteiger partial charge is 0.311 e. The third-order valence-corrected chi connectivity index (χ3v) is 3.67. The predicted molar refractivity (Wildman–Crippen MR) is 91.8 cm³/mol. The zero-order valence-electron chi connectivity index (χ0n) is 13.9. The molecule has 1 aliphatic heterocycles. The van der Waals surface area contributed by atoms with Crippen LogP contribution in [0.3, 0.4) is 0 Å². The van der Waals surface area contributed by atoms with E-state index in [4.69, 9.17) is 14.2 Å². The van der Waals surface area contributed by atoms with Crippen molar-refractivity contribution in [3.63, 3.8) is 0 Å². The second kappa shape index (κ2) is 7.70. The normalized spacial score (nSPS) is 13.6. The van der Waals surface area contributed by atoms with Gasteiger partial charge in [-0.15, -0.1) is 0 Å². The molecule has 0 saturated heterocycles. The van der Waals surface area contributed by atoms with Gasteiger partial charge in [0.15, 0.2) is 17.6 Å². The summed E-state index contributed by atoms with van der Waals surface area (Å²) in [7, 11) is 0. The Morgan fingerprint density at radius 2 is 1.80 bits per heavy atom. The van der Waals surface area contributed by atoms with Crippen LogP contribution >= 0.6 is 0 Å². The fraction of sp³-hybridized carbons (Fsp3) is 0.263. The first kappa shape index (κ1) is 16.8. The van der Waals surface area contributed by atoms with E-state index in [-0.39, 0.29) is 12.3 Å². The van der Waals surface area contributed by atoms with Crippen molar-refractivity contribution in [1.82, 2.24) is 0 Å². The number of carbonyl (C=O) groups is 2. The summed E-state index contributed by atoms with van der Waals surface area (Å²) in [5.41, 5.74) is 1.40. The van der Waals surface area contributed by atoms with Crippen molar-refractivity contribution in [2.75, 3.05) is 18.5 Å². The van der Waals surface area contributed by atoms with Crippen LogP contribution in [0.15, 0.2) is 48.5 Å². The average Bonchev–Trinajstić information content (AvgIpc) is 2.62. The molecular weight excluding hydrogens is 322 g/mol. The van der Waals surface area contributed by atoms with Crippen LogP contribution in [0, 0.1) is 0 Å². The summed E-state index contributed by atoms with van der Waals surface area (Å²) in [6.07, 6.45) is -0.829. The number of ether oxygens (including phenoxy) is 3. The van der Waals surface area contributed by atoms with Crippen molar-refractivity contribution in [2.45, 2.75) is 19.4 Å². The van der Waals surface area contributed by atoms with Gasteiger partial charge in [-0.1, -0.05) is 24.3 Å². The Hall–Kier alpha value is -3.02. The molecule has 25 heavy (non-hydrogen) atoms. The van der Waals surface area contributed by atoms with E-state index >= 15 is 0 Å². The van der Waals surface area contributed by atoms with Crippen molar-refractivity contribution in [1.29, 1.82) is 0 Å². The minimum Gasteiger partial charge on any atom is -0.486 e. The molecule has 0 unspecified atom stereocenters. The number of anilines is 1. The molecule has 1 N–H and O–H groups in total. The van der Waals surface area contributed by atoms with E-state index in [9.17, 15) is 9.59 Å². The Kier molecular flexibility index (Phi) is 5.18. The summed E-state index contributed by atoms with van der Waals surface area (Å²) in [5.74, 6) is 0.430. The van der Waals surface area contributed by atoms with Gasteiger partial charge in [-0.2, -0.15) is 0 Å². The van der Waals surface area contributed by atoms with E-state index < -0.39 is 12.1 Å². The van der Waals surface area contributed by atoms with Gasteiger partial charge >= 0.3 is 5.97 Å². The molecule has 6 nitrogen and oxygen atoms in total. The molecule has 0 fully saturated rings. The van der Waals surface area contributed by atoms with Crippen LogP contribution in [0.1, 0.15) is 12.5 Å². The van der Waals surface area contributed by atoms with Crippen molar-refractivity contribution >= 4 is 17.6 Å². The van der Waals surface area contributed by atoms with Gasteiger partial charge in [0.25, 0.3) is 5.91 Å². The number of amides is 1. The fourth-order valence-electron chi connectivity index (χ4n) is 2.42. The summed E-state index contributed by atoms with van der Waals surface area (Å²) >= 11 is 0. The average molecular weight is 341 g/mol. The number of fused-ring (bicyclic) bond motifs is 1. The Morgan fingerprint density at radius 3 is 2.56 bits per heavy atom. The molecule has 0 radical (unpaired) electrons. The van der Waals surface area contributed by atoms with Gasteiger partial charge in [0.2, 0.25) is 0 Å². The van der Waals surface area contributed by atoms with Crippen molar-refractivity contribution in [3.8, 4) is 11.5 Å². The Bertz CT molecular complexity index is 760. The van der Waals surface area contributed by atoms with Crippen LogP contribution in [0.5, 0.6) is 11.5 Å². The lowest BCUT2D eigenvalue weighted by Gasteiger charge is -2.19. The number of benzene rings is 2. The van der Waals surface area contributed by atoms with Gasteiger partial charge in [0.05, 0.1) is 6.42 Å². The van der Waals surface area contributed by atoms with E-state index in [0.717, 1.165) is 5.56 Å². The Balaban J connectivity index is 1.54. The highest BCUT2D eigenvalue weighted by Gasteiger charge is 2.19. The highest BCUT2D eigenvalue weighted by molar-refractivity contribution is 5.95. The van der Waals surface area contributed by atoms with Crippen molar-refractivity contribution in [3.05, 3.63) is 54.1 Å². The molecule has 6 heteroatoms. The number of esters is 1. The van der Waals surface area contributed by atoms with Crippen LogP contribution in [0.2, 0.25) is 0 Å². The molecule has 1 atom stereocenters. The molecule has 0 aliphatic carbocycles. The van der Waals surface area contributed by atoms with Crippen LogP contribution in [-0.4, -0.2) is 31.2 Å². The number of carbonyl (C=O) groups excluding carboxylic acids is 2. The van der Waals surface area contributed by atoms with Gasteiger partial charge in [-0.25, -0.2) is 0 Å². The first-order valence-corrected chi connectivity index (χ1v) is 8.06. The summed E-state index contributed by atoms with van der Waals surface area (Å²) in [6, 6.07) is 14.3. The molecule has 0 saturated carbocycles. The molecule has 130 valence electrons. The van der Waals surface area contributed by atoms with Gasteiger partial charge in [0.1, 0.15) is 13.2 Å². The fourth-order valence-corrected chi connectivity index (χ4v) is 2.42. The quantitative estimate of drug-likeness (QED) is 0.846. The van der Waals surface area contributed by atoms with Crippen LogP contribution in [0.4, 0.5) is 5.69 Å². The minimum atomic E-state index is -0.884. The van der Waals surface area contributed by atoms with E-state index in [1.54, 1.807) is 37.3 Å². The molecule has 1 aliphatic rings. The first-order chi connectivity index (χ1) is 12.1. The van der Waals surface area contributed by atoms with Crippen LogP contribution in [0.25, 0.3) is 0 Å². The second-order valence-electron chi connectivity index (χ2n) is 5.64. The third kappa shape index (κ3) is 4.50. The highest BCUT2D eigenvalue weighted by Crippen LogP contribution is 2.30. The Morgan fingerprint density at radius 1 is 1.08 bits per heavy atom. The zero-order chi connectivity index (χ0) is 17.6. The standard InChI is InChI=1S/C19H19NO5/c1-13(19(22)20-15-5-3-2-4-6-15)25-18(21)12-14-7-8-16-17(11-14)24-10-9-23-16/h2-8,11,13H,9-10,12H2,1H3,(H,20,22)/t13-/m0/s1. The summed E-state index contributed by atoms with van der Waals surface area (Å²) in [5, 5.41) is 2.70. The van der Waals surface area contributed by atoms with Gasteiger partial charge in [-0.05, 0) is 36.8 Å². The van der Waals surface area contributed by atoms with Gasteiger partial charge in [-0.3, -0.25) is 9.59 Å². The maximum atomic E-state index is 12.1. The number of para-hydroxylation sites is 1. The number of hydrogen-bond donors (Lipinski definition) is 1. The largest absolute Gasteiger partial charge is 0.486 e. The molecule has 1 heterocycles. The van der Waals surface area contributed by atoms with Gasteiger partial charge in [0, 0.05) is 5.69 Å². The van der Waals surface area contributed by atoms with E-state index in [1.165, 1.54) is 0 Å². The lowest BCUT2D eigenvalue weighted by atomic mass is 10.1. The minimum absolute atomic E-state index is 0.0552. The third-order valence-electron chi connectivity index (χ3n) is 3.67. The molecule has 1 amide bonds. The molecule has 2 aromatic rings. The molecule has 0 spiro atoms. The maximum Gasteiger partial charge on any atom is 0.311 e.